The van der Waals surface area contributed by atoms with E-state index in [-0.39, 0.29) is 17.0 Å². The van der Waals surface area contributed by atoms with Gasteiger partial charge in [-0.25, -0.2) is 4.79 Å². The van der Waals surface area contributed by atoms with Crippen molar-refractivity contribution in [3.63, 3.8) is 0 Å². The smallest absolute Gasteiger partial charge is 0.410 e. The van der Waals surface area contributed by atoms with Crippen LogP contribution < -0.4 is 0 Å². The molecule has 1 aliphatic rings. The average Bonchev–Trinajstić information content (AvgIpc) is 2.57. The predicted octanol–water partition coefficient (Wildman–Crippen LogP) is 3.43. The first-order chi connectivity index (χ1) is 8.69. The third-order valence-corrected chi connectivity index (χ3v) is 3.76. The van der Waals surface area contributed by atoms with E-state index in [0.717, 1.165) is 13.0 Å². The Hall–Kier alpha value is -0.290. The minimum absolute atomic E-state index is 0.0614. The number of likely N-dealkylation sites (tertiary alicyclic amines) is 1. The van der Waals surface area contributed by atoms with Crippen LogP contribution in [0.4, 0.5) is 4.79 Å². The molecule has 2 atom stereocenters. The zero-order valence-electron chi connectivity index (χ0n) is 12.6. The van der Waals surface area contributed by atoms with Gasteiger partial charge in [-0.15, -0.1) is 0 Å². The van der Waals surface area contributed by atoms with Crippen LogP contribution >= 0.6 is 15.9 Å². The minimum Gasteiger partial charge on any atom is -0.444 e. The third kappa shape index (κ3) is 6.13. The van der Waals surface area contributed by atoms with Gasteiger partial charge in [-0.1, -0.05) is 29.8 Å². The summed E-state index contributed by atoms with van der Waals surface area (Å²) in [6.07, 6.45) is 0.848. The molecule has 1 aliphatic heterocycles. The Bertz CT molecular complexity index is 302. The van der Waals surface area contributed by atoms with Crippen molar-refractivity contribution in [1.82, 2.24) is 4.90 Å². The molecule has 1 fully saturated rings. The largest absolute Gasteiger partial charge is 0.444 e. The summed E-state index contributed by atoms with van der Waals surface area (Å²) in [7, 11) is 0. The summed E-state index contributed by atoms with van der Waals surface area (Å²) in [5.74, 6) is 0.636. The molecule has 0 aromatic carbocycles. The molecule has 0 aromatic rings. The van der Waals surface area contributed by atoms with Gasteiger partial charge in [0.25, 0.3) is 0 Å². The Morgan fingerprint density at radius 3 is 2.53 bits per heavy atom. The van der Waals surface area contributed by atoms with Crippen molar-refractivity contribution >= 4 is 22.0 Å². The van der Waals surface area contributed by atoms with Crippen LogP contribution in [0.5, 0.6) is 0 Å². The molecule has 0 radical (unpaired) electrons. The van der Waals surface area contributed by atoms with Crippen molar-refractivity contribution in [3.05, 3.63) is 0 Å². The fraction of sp³-hybridized carbons (Fsp3) is 0.929. The molecule has 0 N–H and O–H groups in total. The van der Waals surface area contributed by atoms with Crippen LogP contribution in [0, 0.1) is 5.92 Å². The number of halogens is 1. The molecule has 2 unspecified atom stereocenters. The third-order valence-electron chi connectivity index (χ3n) is 2.88. The van der Waals surface area contributed by atoms with Crippen molar-refractivity contribution in [3.8, 4) is 0 Å². The molecule has 0 saturated carbocycles. The zero-order valence-corrected chi connectivity index (χ0v) is 14.2. The lowest BCUT2D eigenvalue weighted by Gasteiger charge is -2.24. The molecule has 4 nitrogen and oxygen atoms in total. The Morgan fingerprint density at radius 2 is 2.00 bits per heavy atom. The van der Waals surface area contributed by atoms with E-state index in [9.17, 15) is 4.79 Å². The summed E-state index contributed by atoms with van der Waals surface area (Å²) in [6, 6.07) is 0. The Kier molecular flexibility index (Phi) is 6.12. The molecule has 0 bridgehead atoms. The summed E-state index contributed by atoms with van der Waals surface area (Å²) < 4.78 is 11.2. The van der Waals surface area contributed by atoms with Crippen molar-refractivity contribution in [2.24, 2.45) is 5.92 Å². The van der Waals surface area contributed by atoms with E-state index < -0.39 is 5.60 Å². The molecular formula is C14H26BrNO3. The molecule has 0 aliphatic carbocycles. The minimum atomic E-state index is -0.449. The summed E-state index contributed by atoms with van der Waals surface area (Å²) >= 11 is 3.59. The van der Waals surface area contributed by atoms with Gasteiger partial charge < -0.3 is 14.4 Å². The van der Waals surface area contributed by atoms with E-state index in [2.05, 4.69) is 29.8 Å². The fourth-order valence-electron chi connectivity index (χ4n) is 1.82. The highest BCUT2D eigenvalue weighted by molar-refractivity contribution is 9.09. The first-order valence-corrected chi connectivity index (χ1v) is 7.84. The second-order valence-corrected chi connectivity index (χ2v) is 7.67. The van der Waals surface area contributed by atoms with Crippen LogP contribution in [-0.4, -0.2) is 47.2 Å². The van der Waals surface area contributed by atoms with Crippen LogP contribution in [0.1, 0.15) is 41.0 Å². The average molecular weight is 336 g/mol. The number of rotatable bonds is 4. The maximum atomic E-state index is 12.0. The number of amides is 1. The number of hydrogen-bond acceptors (Lipinski definition) is 3. The normalized spacial score (nSPS) is 24.1. The Morgan fingerprint density at radius 1 is 1.37 bits per heavy atom. The zero-order chi connectivity index (χ0) is 14.6. The molecule has 112 valence electrons. The maximum absolute atomic E-state index is 12.0. The van der Waals surface area contributed by atoms with Gasteiger partial charge in [-0.2, -0.15) is 0 Å². The summed E-state index contributed by atoms with van der Waals surface area (Å²) in [5, 5.41) is 0. The molecule has 0 aromatic heterocycles. The molecule has 1 heterocycles. The Balaban J connectivity index is 2.39. The predicted molar refractivity (Wildman–Crippen MR) is 79.7 cm³/mol. The summed E-state index contributed by atoms with van der Waals surface area (Å²) in [6.45, 7) is 12.0. The number of ether oxygens (including phenoxy) is 2. The number of hydrogen-bond donors (Lipinski definition) is 0. The van der Waals surface area contributed by atoms with Crippen molar-refractivity contribution in [2.75, 3.05) is 19.7 Å². The van der Waals surface area contributed by atoms with Gasteiger partial charge >= 0.3 is 6.09 Å². The van der Waals surface area contributed by atoms with Crippen molar-refractivity contribution in [2.45, 2.75) is 57.6 Å². The van der Waals surface area contributed by atoms with Gasteiger partial charge in [0, 0.05) is 13.2 Å². The second-order valence-electron chi connectivity index (χ2n) is 6.49. The van der Waals surface area contributed by atoms with Crippen molar-refractivity contribution in [1.29, 1.82) is 0 Å². The Labute approximate surface area is 124 Å². The lowest BCUT2D eigenvalue weighted by atomic mass is 10.1. The molecule has 5 heteroatoms. The van der Waals surface area contributed by atoms with E-state index in [0.29, 0.717) is 19.0 Å². The standard InChI is InChI=1S/C14H26BrNO3/c1-10(2)6-7-18-12-9-16(8-11(12)15)13(17)19-14(3,4)5/h10-12H,6-9H2,1-5H3. The van der Waals surface area contributed by atoms with E-state index >= 15 is 0 Å². The van der Waals surface area contributed by atoms with Crippen LogP contribution in [0.2, 0.25) is 0 Å². The molecule has 1 rings (SSSR count). The summed E-state index contributed by atoms with van der Waals surface area (Å²) in [5.41, 5.74) is -0.449. The number of carbonyl (C=O) groups is 1. The first kappa shape index (κ1) is 16.8. The van der Waals surface area contributed by atoms with Gasteiger partial charge in [0.1, 0.15) is 5.60 Å². The molecule has 0 spiro atoms. The number of alkyl halides is 1. The molecular weight excluding hydrogens is 310 g/mol. The maximum Gasteiger partial charge on any atom is 0.410 e. The van der Waals surface area contributed by atoms with Gasteiger partial charge in [0.2, 0.25) is 0 Å². The van der Waals surface area contributed by atoms with Crippen LogP contribution in [0.3, 0.4) is 0 Å². The lowest BCUT2D eigenvalue weighted by molar-refractivity contribution is 0.0202. The fourth-order valence-corrected chi connectivity index (χ4v) is 2.49. The lowest BCUT2D eigenvalue weighted by Crippen LogP contribution is -2.36. The summed E-state index contributed by atoms with van der Waals surface area (Å²) in [4.78, 5) is 13.9. The molecule has 1 saturated heterocycles. The topological polar surface area (TPSA) is 38.8 Å². The van der Waals surface area contributed by atoms with Crippen LogP contribution in [0.25, 0.3) is 0 Å². The van der Waals surface area contributed by atoms with Crippen LogP contribution in [0.15, 0.2) is 0 Å². The SMILES string of the molecule is CC(C)CCOC1CN(C(=O)OC(C)(C)C)CC1Br. The van der Waals surface area contributed by atoms with Crippen LogP contribution in [-0.2, 0) is 9.47 Å². The first-order valence-electron chi connectivity index (χ1n) is 6.92. The van der Waals surface area contributed by atoms with E-state index in [1.807, 2.05) is 20.8 Å². The number of carbonyl (C=O) groups excluding carboxylic acids is 1. The highest BCUT2D eigenvalue weighted by Gasteiger charge is 2.36. The molecule has 1 amide bonds. The second kappa shape index (κ2) is 6.93. The van der Waals surface area contributed by atoms with Gasteiger partial charge in [-0.05, 0) is 33.1 Å². The highest BCUT2D eigenvalue weighted by Crippen LogP contribution is 2.23. The van der Waals surface area contributed by atoms with Gasteiger partial charge in [0.05, 0.1) is 17.5 Å². The quantitative estimate of drug-likeness (QED) is 0.739. The highest BCUT2D eigenvalue weighted by atomic mass is 79.9. The monoisotopic (exact) mass is 335 g/mol. The van der Waals surface area contributed by atoms with Gasteiger partial charge in [0.15, 0.2) is 0 Å². The van der Waals surface area contributed by atoms with Gasteiger partial charge in [-0.3, -0.25) is 0 Å². The van der Waals surface area contributed by atoms with E-state index in [1.54, 1.807) is 4.90 Å². The molecule has 19 heavy (non-hydrogen) atoms. The van der Waals surface area contributed by atoms with E-state index in [1.165, 1.54) is 0 Å². The number of nitrogens with zero attached hydrogens (tertiary/aromatic N) is 1. The van der Waals surface area contributed by atoms with E-state index in [4.69, 9.17) is 9.47 Å². The van der Waals surface area contributed by atoms with Crippen molar-refractivity contribution < 1.29 is 14.3 Å².